The Bertz CT molecular complexity index is 593. The molecule has 2 aromatic heterocycles. The molecule has 3 rings (SSSR count). The monoisotopic (exact) mass is 261 g/mol. The van der Waals surface area contributed by atoms with Gasteiger partial charge in [0.05, 0.1) is 11.4 Å². The van der Waals surface area contributed by atoms with Gasteiger partial charge in [-0.2, -0.15) is 0 Å². The van der Waals surface area contributed by atoms with Crippen LogP contribution < -0.4 is 5.32 Å². The maximum absolute atomic E-state index is 12.0. The van der Waals surface area contributed by atoms with Crippen molar-refractivity contribution < 1.29 is 4.79 Å². The molecule has 1 saturated carbocycles. The van der Waals surface area contributed by atoms with Crippen LogP contribution in [0.3, 0.4) is 0 Å². The molecule has 2 heterocycles. The average Bonchev–Trinajstić information content (AvgIpc) is 3.12. The van der Waals surface area contributed by atoms with Gasteiger partial charge >= 0.3 is 0 Å². The van der Waals surface area contributed by atoms with Gasteiger partial charge in [0, 0.05) is 18.3 Å². The summed E-state index contributed by atoms with van der Waals surface area (Å²) in [5.74, 6) is 0.775. The molecule has 1 N–H and O–H groups in total. The van der Waals surface area contributed by atoms with Gasteiger partial charge in [-0.1, -0.05) is 4.49 Å². The van der Waals surface area contributed by atoms with E-state index in [1.54, 1.807) is 19.3 Å². The molecule has 0 spiro atoms. The third-order valence-electron chi connectivity index (χ3n) is 2.78. The third kappa shape index (κ3) is 2.08. The predicted molar refractivity (Wildman–Crippen MR) is 66.6 cm³/mol. The van der Waals surface area contributed by atoms with Crippen LogP contribution in [0.4, 0.5) is 5.82 Å². The smallest absolute Gasteiger partial charge is 0.270 e. The second-order valence-corrected chi connectivity index (χ2v) is 4.96. The highest BCUT2D eigenvalue weighted by molar-refractivity contribution is 7.08. The van der Waals surface area contributed by atoms with Crippen molar-refractivity contribution in [2.75, 3.05) is 5.32 Å². The molecule has 1 amide bonds. The largest absolute Gasteiger partial charge is 0.304 e. The van der Waals surface area contributed by atoms with Gasteiger partial charge in [0.1, 0.15) is 4.88 Å². The molecule has 0 aliphatic heterocycles. The van der Waals surface area contributed by atoms with E-state index >= 15 is 0 Å². The van der Waals surface area contributed by atoms with Gasteiger partial charge < -0.3 is 5.32 Å². The van der Waals surface area contributed by atoms with E-state index in [0.717, 1.165) is 30.1 Å². The molecule has 0 unspecified atom stereocenters. The topological polar surface area (TPSA) is 80.7 Å². The van der Waals surface area contributed by atoms with E-state index in [1.165, 1.54) is 0 Å². The highest BCUT2D eigenvalue weighted by Crippen LogP contribution is 2.41. The lowest BCUT2D eigenvalue weighted by Gasteiger charge is -2.06. The number of rotatable bonds is 3. The number of amides is 1. The molecule has 0 radical (unpaired) electrons. The van der Waals surface area contributed by atoms with Gasteiger partial charge in [0.25, 0.3) is 5.91 Å². The van der Waals surface area contributed by atoms with Crippen molar-refractivity contribution in [3.63, 3.8) is 0 Å². The van der Waals surface area contributed by atoms with Gasteiger partial charge in [-0.15, -0.1) is 5.10 Å². The maximum atomic E-state index is 12.0. The highest BCUT2D eigenvalue weighted by Gasteiger charge is 2.29. The molecule has 0 atom stereocenters. The number of nitrogens with zero attached hydrogens (tertiary/aromatic N) is 4. The van der Waals surface area contributed by atoms with E-state index in [2.05, 4.69) is 24.9 Å². The van der Waals surface area contributed by atoms with E-state index in [4.69, 9.17) is 0 Å². The Hall–Kier alpha value is -1.89. The summed E-state index contributed by atoms with van der Waals surface area (Å²) in [6.07, 6.45) is 5.47. The molecule has 2 aromatic rings. The lowest BCUT2D eigenvalue weighted by Crippen LogP contribution is -2.14. The van der Waals surface area contributed by atoms with Crippen molar-refractivity contribution in [1.29, 1.82) is 0 Å². The Morgan fingerprint density at radius 3 is 2.83 bits per heavy atom. The van der Waals surface area contributed by atoms with Crippen molar-refractivity contribution in [2.45, 2.75) is 25.7 Å². The van der Waals surface area contributed by atoms with Crippen molar-refractivity contribution in [1.82, 2.24) is 19.6 Å². The minimum absolute atomic E-state index is 0.218. The Labute approximate surface area is 108 Å². The first kappa shape index (κ1) is 11.2. The summed E-state index contributed by atoms with van der Waals surface area (Å²) in [5, 5.41) is 6.61. The van der Waals surface area contributed by atoms with Crippen LogP contribution in [0.5, 0.6) is 0 Å². The Kier molecular flexibility index (Phi) is 2.75. The summed E-state index contributed by atoms with van der Waals surface area (Å²) in [5.41, 5.74) is 1.51. The number of anilines is 1. The zero-order chi connectivity index (χ0) is 12.5. The molecule has 0 saturated heterocycles. The van der Waals surface area contributed by atoms with Gasteiger partial charge in [-0.05, 0) is 31.3 Å². The molecule has 18 heavy (non-hydrogen) atoms. The first-order valence-electron chi connectivity index (χ1n) is 5.67. The molecule has 1 fully saturated rings. The van der Waals surface area contributed by atoms with Crippen LogP contribution in [0, 0.1) is 6.92 Å². The number of hydrogen-bond donors (Lipinski definition) is 1. The number of nitrogens with one attached hydrogen (secondary N) is 1. The minimum Gasteiger partial charge on any atom is -0.304 e. The second-order valence-electron chi connectivity index (χ2n) is 4.21. The Morgan fingerprint density at radius 1 is 1.39 bits per heavy atom. The molecule has 1 aliphatic rings. The van der Waals surface area contributed by atoms with Crippen LogP contribution in [-0.4, -0.2) is 25.5 Å². The van der Waals surface area contributed by atoms with E-state index in [0.29, 0.717) is 22.3 Å². The number of carbonyl (C=O) groups excluding carboxylic acids is 1. The predicted octanol–water partition coefficient (Wildman–Crippen LogP) is 1.77. The van der Waals surface area contributed by atoms with Crippen molar-refractivity contribution >= 4 is 23.3 Å². The molecule has 6 nitrogen and oxygen atoms in total. The van der Waals surface area contributed by atoms with Crippen LogP contribution >= 0.6 is 11.5 Å². The SMILES string of the molecule is Cc1nnsc1C(=O)Nc1nccnc1C1CC1. The zero-order valence-corrected chi connectivity index (χ0v) is 10.6. The van der Waals surface area contributed by atoms with Crippen LogP contribution in [0.25, 0.3) is 0 Å². The first-order chi connectivity index (χ1) is 8.75. The summed E-state index contributed by atoms with van der Waals surface area (Å²) < 4.78 is 3.75. The van der Waals surface area contributed by atoms with Gasteiger partial charge in [0.15, 0.2) is 5.82 Å². The average molecular weight is 261 g/mol. The quantitative estimate of drug-likeness (QED) is 0.910. The molecule has 0 aromatic carbocycles. The normalized spacial score (nSPS) is 14.5. The van der Waals surface area contributed by atoms with Crippen LogP contribution in [-0.2, 0) is 0 Å². The second kappa shape index (κ2) is 4.41. The minimum atomic E-state index is -0.218. The summed E-state index contributed by atoms with van der Waals surface area (Å²) in [6.45, 7) is 1.76. The summed E-state index contributed by atoms with van der Waals surface area (Å²) in [6, 6.07) is 0. The summed E-state index contributed by atoms with van der Waals surface area (Å²) in [7, 11) is 0. The van der Waals surface area contributed by atoms with Crippen LogP contribution in [0.1, 0.15) is 39.8 Å². The Balaban J connectivity index is 1.84. The zero-order valence-electron chi connectivity index (χ0n) is 9.75. The van der Waals surface area contributed by atoms with Crippen molar-refractivity contribution in [2.24, 2.45) is 0 Å². The van der Waals surface area contributed by atoms with Gasteiger partial charge in [-0.3, -0.25) is 9.78 Å². The van der Waals surface area contributed by atoms with Crippen LogP contribution in [0.2, 0.25) is 0 Å². The number of aromatic nitrogens is 4. The van der Waals surface area contributed by atoms with Gasteiger partial charge in [0.2, 0.25) is 0 Å². The molecule has 92 valence electrons. The molecule has 1 aliphatic carbocycles. The molecule has 0 bridgehead atoms. The fourth-order valence-electron chi connectivity index (χ4n) is 1.70. The van der Waals surface area contributed by atoms with Crippen LogP contribution in [0.15, 0.2) is 12.4 Å². The van der Waals surface area contributed by atoms with Crippen molar-refractivity contribution in [3.8, 4) is 0 Å². The fraction of sp³-hybridized carbons (Fsp3) is 0.364. The molecule has 7 heteroatoms. The standard InChI is InChI=1S/C11H11N5OS/c1-6-9(18-16-15-6)11(17)14-10-8(7-2-3-7)12-4-5-13-10/h4-5,7H,2-3H2,1H3,(H,13,14,17). The molecular weight excluding hydrogens is 250 g/mol. The fourth-order valence-corrected chi connectivity index (χ4v) is 2.26. The lowest BCUT2D eigenvalue weighted by molar-refractivity contribution is 0.102. The van der Waals surface area contributed by atoms with Gasteiger partial charge in [-0.25, -0.2) is 4.98 Å². The van der Waals surface area contributed by atoms with Crippen molar-refractivity contribution in [3.05, 3.63) is 28.7 Å². The summed E-state index contributed by atoms with van der Waals surface area (Å²) in [4.78, 5) is 21.0. The number of hydrogen-bond acceptors (Lipinski definition) is 6. The van der Waals surface area contributed by atoms with E-state index in [1.807, 2.05) is 0 Å². The lowest BCUT2D eigenvalue weighted by atomic mass is 10.2. The van der Waals surface area contributed by atoms with E-state index < -0.39 is 0 Å². The first-order valence-corrected chi connectivity index (χ1v) is 6.44. The van der Waals surface area contributed by atoms with E-state index in [-0.39, 0.29) is 5.91 Å². The van der Waals surface area contributed by atoms with E-state index in [9.17, 15) is 4.79 Å². The maximum Gasteiger partial charge on any atom is 0.270 e. The highest BCUT2D eigenvalue weighted by atomic mass is 32.1. The number of aryl methyl sites for hydroxylation is 1. The summed E-state index contributed by atoms with van der Waals surface area (Å²) >= 11 is 1.09. The third-order valence-corrected chi connectivity index (χ3v) is 3.61. The number of carbonyl (C=O) groups is 1. The Morgan fingerprint density at radius 2 is 2.17 bits per heavy atom. The molecular formula is C11H11N5OS.